The molecule has 4 heteroatoms. The molecule has 4 rings (SSSR count). The highest BCUT2D eigenvalue weighted by Gasteiger charge is 2.26. The zero-order valence-electron chi connectivity index (χ0n) is 13.2. The molecular formula is C20H19FN2O. The standard InChI is InChI=1S/C20H19FN2O/c21-14-9-7-13(8-10-14)19-12-16(20(24)18-6-3-11-22-18)15-4-1-2-5-17(15)23-19/h1-2,4-5,7-10,12,18,20,22,24H,3,6,11H2. The lowest BCUT2D eigenvalue weighted by atomic mass is 9.95. The number of pyridine rings is 1. The number of aromatic nitrogens is 1. The van der Waals surface area contributed by atoms with E-state index in [-0.39, 0.29) is 11.9 Å². The Balaban J connectivity index is 1.85. The first-order chi connectivity index (χ1) is 11.7. The minimum atomic E-state index is -0.584. The Labute approximate surface area is 140 Å². The molecule has 2 aromatic carbocycles. The molecule has 0 radical (unpaired) electrons. The third kappa shape index (κ3) is 2.79. The molecule has 1 fully saturated rings. The van der Waals surface area contributed by atoms with Gasteiger partial charge in [-0.2, -0.15) is 0 Å². The van der Waals surface area contributed by atoms with Crippen molar-refractivity contribution in [3.8, 4) is 11.3 Å². The van der Waals surface area contributed by atoms with Crippen molar-refractivity contribution in [2.45, 2.75) is 25.0 Å². The fourth-order valence-corrected chi connectivity index (χ4v) is 3.41. The molecule has 1 aromatic heterocycles. The first-order valence-electron chi connectivity index (χ1n) is 8.29. The van der Waals surface area contributed by atoms with E-state index in [0.717, 1.165) is 47.1 Å². The molecule has 3 aromatic rings. The summed E-state index contributed by atoms with van der Waals surface area (Å²) in [5.41, 5.74) is 3.31. The smallest absolute Gasteiger partial charge is 0.123 e. The number of nitrogens with one attached hydrogen (secondary N) is 1. The highest BCUT2D eigenvalue weighted by molar-refractivity contribution is 5.85. The molecule has 0 bridgehead atoms. The van der Waals surface area contributed by atoms with Crippen molar-refractivity contribution < 1.29 is 9.50 Å². The fourth-order valence-electron chi connectivity index (χ4n) is 3.41. The van der Waals surface area contributed by atoms with Gasteiger partial charge in [0.15, 0.2) is 0 Å². The third-order valence-electron chi connectivity index (χ3n) is 4.69. The number of fused-ring (bicyclic) bond motifs is 1. The lowest BCUT2D eigenvalue weighted by Gasteiger charge is -2.21. The van der Waals surface area contributed by atoms with E-state index >= 15 is 0 Å². The predicted molar refractivity (Wildman–Crippen MR) is 93.1 cm³/mol. The van der Waals surface area contributed by atoms with Crippen LogP contribution in [0, 0.1) is 5.82 Å². The van der Waals surface area contributed by atoms with Crippen molar-refractivity contribution in [3.63, 3.8) is 0 Å². The maximum absolute atomic E-state index is 13.2. The highest BCUT2D eigenvalue weighted by atomic mass is 19.1. The molecule has 3 nitrogen and oxygen atoms in total. The first-order valence-corrected chi connectivity index (χ1v) is 8.29. The van der Waals surface area contributed by atoms with Crippen molar-refractivity contribution in [1.82, 2.24) is 10.3 Å². The summed E-state index contributed by atoms with van der Waals surface area (Å²) < 4.78 is 13.2. The van der Waals surface area contributed by atoms with Crippen LogP contribution in [0.25, 0.3) is 22.2 Å². The van der Waals surface area contributed by atoms with E-state index in [9.17, 15) is 9.50 Å². The van der Waals surface area contributed by atoms with E-state index in [1.165, 1.54) is 12.1 Å². The SMILES string of the molecule is OC(c1cc(-c2ccc(F)cc2)nc2ccccc12)C1CCCN1. The molecule has 122 valence electrons. The number of para-hydroxylation sites is 1. The summed E-state index contributed by atoms with van der Waals surface area (Å²) in [4.78, 5) is 4.69. The average Bonchev–Trinajstić information content (AvgIpc) is 3.15. The van der Waals surface area contributed by atoms with Crippen LogP contribution in [0.1, 0.15) is 24.5 Å². The van der Waals surface area contributed by atoms with Crippen LogP contribution in [0.15, 0.2) is 54.6 Å². The van der Waals surface area contributed by atoms with E-state index in [4.69, 9.17) is 4.98 Å². The van der Waals surface area contributed by atoms with Gasteiger partial charge in [-0.05, 0) is 61.3 Å². The Morgan fingerprint density at radius 1 is 1.12 bits per heavy atom. The Bertz CT molecular complexity index is 857. The minimum Gasteiger partial charge on any atom is -0.387 e. The molecule has 2 heterocycles. The van der Waals surface area contributed by atoms with Gasteiger partial charge in [-0.25, -0.2) is 9.37 Å². The largest absolute Gasteiger partial charge is 0.387 e. The molecule has 1 aliphatic heterocycles. The van der Waals surface area contributed by atoms with Crippen molar-refractivity contribution in [1.29, 1.82) is 0 Å². The maximum atomic E-state index is 13.2. The Hall–Kier alpha value is -2.30. The van der Waals surface area contributed by atoms with Gasteiger partial charge in [0, 0.05) is 17.0 Å². The molecular weight excluding hydrogens is 303 g/mol. The van der Waals surface area contributed by atoms with E-state index < -0.39 is 6.10 Å². The van der Waals surface area contributed by atoms with Crippen molar-refractivity contribution in [2.24, 2.45) is 0 Å². The predicted octanol–water partition coefficient (Wildman–Crippen LogP) is 3.83. The second-order valence-corrected chi connectivity index (χ2v) is 6.27. The van der Waals surface area contributed by atoms with Gasteiger partial charge in [-0.3, -0.25) is 0 Å². The summed E-state index contributed by atoms with van der Waals surface area (Å²) in [5.74, 6) is -0.269. The zero-order valence-corrected chi connectivity index (χ0v) is 13.2. The van der Waals surface area contributed by atoms with Crippen molar-refractivity contribution in [2.75, 3.05) is 6.54 Å². The van der Waals surface area contributed by atoms with Crippen LogP contribution in [-0.2, 0) is 0 Å². The van der Waals surface area contributed by atoms with Crippen molar-refractivity contribution >= 4 is 10.9 Å². The second kappa shape index (κ2) is 6.30. The number of rotatable bonds is 3. The number of halogens is 1. The topological polar surface area (TPSA) is 45.2 Å². The number of hydrogen-bond donors (Lipinski definition) is 2. The van der Waals surface area contributed by atoms with Crippen molar-refractivity contribution in [3.05, 3.63) is 66.0 Å². The third-order valence-corrected chi connectivity index (χ3v) is 4.69. The first kappa shape index (κ1) is 15.2. The summed E-state index contributed by atoms with van der Waals surface area (Å²) in [6.45, 7) is 0.940. The van der Waals surface area contributed by atoms with Gasteiger partial charge in [0.05, 0.1) is 17.3 Å². The number of nitrogens with zero attached hydrogens (tertiary/aromatic N) is 1. The summed E-state index contributed by atoms with van der Waals surface area (Å²) >= 11 is 0. The van der Waals surface area contributed by atoms with Crippen LogP contribution in [0.3, 0.4) is 0 Å². The molecule has 1 saturated heterocycles. The summed E-state index contributed by atoms with van der Waals surface area (Å²) in [6, 6.07) is 16.1. The molecule has 0 aliphatic carbocycles. The van der Waals surface area contributed by atoms with Crippen LogP contribution in [-0.4, -0.2) is 22.7 Å². The monoisotopic (exact) mass is 322 g/mol. The van der Waals surface area contributed by atoms with Gasteiger partial charge in [-0.15, -0.1) is 0 Å². The molecule has 24 heavy (non-hydrogen) atoms. The van der Waals surface area contributed by atoms with Crippen LogP contribution in [0.2, 0.25) is 0 Å². The van der Waals surface area contributed by atoms with Crippen LogP contribution in [0.4, 0.5) is 4.39 Å². The van der Waals surface area contributed by atoms with Gasteiger partial charge >= 0.3 is 0 Å². The Morgan fingerprint density at radius 3 is 2.67 bits per heavy atom. The van der Waals surface area contributed by atoms with E-state index in [0.29, 0.717) is 0 Å². The lowest BCUT2D eigenvalue weighted by Crippen LogP contribution is -2.28. The van der Waals surface area contributed by atoms with Crippen LogP contribution >= 0.6 is 0 Å². The molecule has 2 atom stereocenters. The summed E-state index contributed by atoms with van der Waals surface area (Å²) in [5, 5.41) is 15.2. The molecule has 0 saturated carbocycles. The van der Waals surface area contributed by atoms with Gasteiger partial charge in [0.1, 0.15) is 5.82 Å². The van der Waals surface area contributed by atoms with Gasteiger partial charge in [-0.1, -0.05) is 18.2 Å². The average molecular weight is 322 g/mol. The van der Waals surface area contributed by atoms with Crippen LogP contribution in [0.5, 0.6) is 0 Å². The van der Waals surface area contributed by atoms with Crippen LogP contribution < -0.4 is 5.32 Å². The number of benzene rings is 2. The molecule has 0 spiro atoms. The van der Waals surface area contributed by atoms with E-state index in [1.807, 2.05) is 30.3 Å². The Morgan fingerprint density at radius 2 is 1.92 bits per heavy atom. The number of hydrogen-bond acceptors (Lipinski definition) is 3. The Kier molecular flexibility index (Phi) is 4.00. The quantitative estimate of drug-likeness (QED) is 0.770. The maximum Gasteiger partial charge on any atom is 0.123 e. The zero-order chi connectivity index (χ0) is 16.5. The van der Waals surface area contributed by atoms with Gasteiger partial charge < -0.3 is 10.4 Å². The summed E-state index contributed by atoms with van der Waals surface area (Å²) in [6.07, 6.45) is 1.46. The van der Waals surface area contributed by atoms with E-state index in [2.05, 4.69) is 5.32 Å². The molecule has 2 N–H and O–H groups in total. The number of aliphatic hydroxyl groups is 1. The van der Waals surface area contributed by atoms with Gasteiger partial charge in [0.25, 0.3) is 0 Å². The molecule has 0 amide bonds. The van der Waals surface area contributed by atoms with Gasteiger partial charge in [0.2, 0.25) is 0 Å². The number of aliphatic hydroxyl groups excluding tert-OH is 1. The minimum absolute atomic E-state index is 0.0665. The molecule has 2 unspecified atom stereocenters. The normalized spacial score (nSPS) is 18.8. The fraction of sp³-hybridized carbons (Fsp3) is 0.250. The highest BCUT2D eigenvalue weighted by Crippen LogP contribution is 2.32. The molecule has 1 aliphatic rings. The summed E-state index contributed by atoms with van der Waals surface area (Å²) in [7, 11) is 0. The van der Waals surface area contributed by atoms with E-state index in [1.54, 1.807) is 12.1 Å². The lowest BCUT2D eigenvalue weighted by molar-refractivity contribution is 0.139. The second-order valence-electron chi connectivity index (χ2n) is 6.27.